The number of carbonyl (C=O) groups excluding carboxylic acids is 2. The Morgan fingerprint density at radius 3 is 2.38 bits per heavy atom. The largest absolute Gasteiger partial charge is 0.462 e. The van der Waals surface area contributed by atoms with Crippen LogP contribution in [0.4, 0.5) is 5.82 Å². The monoisotopic (exact) mass is 422 g/mol. The number of amides is 1. The number of hydrogen-bond acceptors (Lipinski definition) is 6. The van der Waals surface area contributed by atoms with Gasteiger partial charge in [0.05, 0.1) is 13.2 Å². The highest BCUT2D eigenvalue weighted by Gasteiger charge is 2.32. The number of ether oxygens (including phenoxy) is 1. The third-order valence-electron chi connectivity index (χ3n) is 4.39. The normalized spacial score (nSPS) is 11.3. The van der Waals surface area contributed by atoms with Crippen molar-refractivity contribution >= 4 is 27.7 Å². The Labute approximate surface area is 170 Å². The fraction of sp³-hybridized carbons (Fsp3) is 0.421. The third kappa shape index (κ3) is 5.01. The summed E-state index contributed by atoms with van der Waals surface area (Å²) in [6, 6.07) is 3.40. The molecule has 0 aliphatic heterocycles. The second-order valence-electron chi connectivity index (χ2n) is 6.43. The van der Waals surface area contributed by atoms with E-state index in [1.165, 1.54) is 0 Å². The van der Waals surface area contributed by atoms with Crippen LogP contribution in [0, 0.1) is 20.8 Å². The van der Waals surface area contributed by atoms with Crippen molar-refractivity contribution in [2.75, 3.05) is 18.5 Å². The lowest BCUT2D eigenvalue weighted by Gasteiger charge is -2.10. The van der Waals surface area contributed by atoms with E-state index in [1.54, 1.807) is 43.7 Å². The Bertz CT molecular complexity index is 1010. The molecular formula is C19H26N4O5S. The maximum atomic E-state index is 12.9. The minimum atomic E-state index is -4.14. The number of esters is 1. The van der Waals surface area contributed by atoms with Crippen LogP contribution in [0.2, 0.25) is 0 Å². The summed E-state index contributed by atoms with van der Waals surface area (Å²) in [7, 11) is -4.14. The van der Waals surface area contributed by atoms with E-state index in [-0.39, 0.29) is 17.1 Å². The van der Waals surface area contributed by atoms with Crippen LogP contribution < -0.4 is 10.0 Å². The molecule has 0 bridgehead atoms. The van der Waals surface area contributed by atoms with Gasteiger partial charge in [0.1, 0.15) is 16.3 Å². The number of rotatable bonds is 8. The molecular weight excluding hydrogens is 396 g/mol. The van der Waals surface area contributed by atoms with E-state index in [0.29, 0.717) is 23.8 Å². The summed E-state index contributed by atoms with van der Waals surface area (Å²) < 4.78 is 34.9. The van der Waals surface area contributed by atoms with E-state index in [9.17, 15) is 18.0 Å². The minimum Gasteiger partial charge on any atom is -0.462 e. The van der Waals surface area contributed by atoms with Crippen LogP contribution in [-0.4, -0.2) is 43.0 Å². The van der Waals surface area contributed by atoms with Crippen LogP contribution in [0.5, 0.6) is 0 Å². The third-order valence-corrected chi connectivity index (χ3v) is 5.95. The molecule has 158 valence electrons. The molecule has 29 heavy (non-hydrogen) atoms. The van der Waals surface area contributed by atoms with E-state index in [4.69, 9.17) is 4.74 Å². The average molecular weight is 423 g/mol. The predicted octanol–water partition coefficient (Wildman–Crippen LogP) is 1.92. The molecule has 0 aliphatic carbocycles. The van der Waals surface area contributed by atoms with Crippen molar-refractivity contribution in [1.82, 2.24) is 14.3 Å². The fourth-order valence-electron chi connectivity index (χ4n) is 3.06. The molecule has 2 aromatic heterocycles. The van der Waals surface area contributed by atoms with E-state index >= 15 is 0 Å². The molecule has 0 fully saturated rings. The van der Waals surface area contributed by atoms with Crippen molar-refractivity contribution in [3.63, 3.8) is 0 Å². The highest BCUT2D eigenvalue weighted by molar-refractivity contribution is 7.89. The summed E-state index contributed by atoms with van der Waals surface area (Å²) in [4.78, 5) is 28.4. The van der Waals surface area contributed by atoms with Gasteiger partial charge >= 0.3 is 5.97 Å². The lowest BCUT2D eigenvalue weighted by Crippen LogP contribution is -2.34. The first-order valence-corrected chi connectivity index (χ1v) is 10.7. The topological polar surface area (TPSA) is 119 Å². The SMILES string of the molecule is CCOC(=O)c1c(S(=O)(=O)NCC(=O)Nc2ccc(C)cn2)c(C)n(CC)c1C. The molecule has 0 saturated carbocycles. The van der Waals surface area contributed by atoms with Gasteiger partial charge < -0.3 is 14.6 Å². The maximum absolute atomic E-state index is 12.9. The zero-order valence-electron chi connectivity index (χ0n) is 17.2. The van der Waals surface area contributed by atoms with Crippen LogP contribution in [0.3, 0.4) is 0 Å². The smallest absolute Gasteiger partial charge is 0.341 e. The number of aromatic nitrogens is 2. The number of nitrogens with one attached hydrogen (secondary N) is 2. The number of pyridine rings is 1. The van der Waals surface area contributed by atoms with Crippen LogP contribution in [0.15, 0.2) is 23.2 Å². The summed E-state index contributed by atoms with van der Waals surface area (Å²) in [5.41, 5.74) is 1.82. The van der Waals surface area contributed by atoms with Crippen molar-refractivity contribution in [1.29, 1.82) is 0 Å². The Kier molecular flexibility index (Phi) is 7.15. The van der Waals surface area contributed by atoms with Gasteiger partial charge in [-0.1, -0.05) is 6.07 Å². The van der Waals surface area contributed by atoms with E-state index in [0.717, 1.165) is 5.56 Å². The van der Waals surface area contributed by atoms with Crippen LogP contribution >= 0.6 is 0 Å². The number of aryl methyl sites for hydroxylation is 1. The molecule has 0 spiro atoms. The van der Waals surface area contributed by atoms with Gasteiger partial charge in [-0.15, -0.1) is 0 Å². The highest BCUT2D eigenvalue weighted by Crippen LogP contribution is 2.27. The van der Waals surface area contributed by atoms with Gasteiger partial charge in [0, 0.05) is 24.1 Å². The Morgan fingerprint density at radius 2 is 1.83 bits per heavy atom. The Hall–Kier alpha value is -2.72. The number of hydrogen-bond donors (Lipinski definition) is 2. The number of carbonyl (C=O) groups is 2. The number of sulfonamides is 1. The number of anilines is 1. The first-order chi connectivity index (χ1) is 13.6. The summed E-state index contributed by atoms with van der Waals surface area (Å²) in [5.74, 6) is -0.975. The predicted molar refractivity (Wildman–Crippen MR) is 108 cm³/mol. The summed E-state index contributed by atoms with van der Waals surface area (Å²) in [6.45, 7) is 8.73. The van der Waals surface area contributed by atoms with Crippen molar-refractivity contribution in [2.45, 2.75) is 46.1 Å². The lowest BCUT2D eigenvalue weighted by molar-refractivity contribution is -0.115. The molecule has 9 nitrogen and oxygen atoms in total. The lowest BCUT2D eigenvalue weighted by atomic mass is 10.2. The van der Waals surface area contributed by atoms with Crippen LogP contribution in [0.25, 0.3) is 0 Å². The summed E-state index contributed by atoms with van der Waals surface area (Å²) in [5, 5.41) is 2.52. The molecule has 0 radical (unpaired) electrons. The second-order valence-corrected chi connectivity index (χ2v) is 8.14. The molecule has 2 aromatic rings. The molecule has 0 saturated heterocycles. The molecule has 0 atom stereocenters. The van der Waals surface area contributed by atoms with Gasteiger partial charge in [-0.25, -0.2) is 22.9 Å². The van der Waals surface area contributed by atoms with Crippen molar-refractivity contribution < 1.29 is 22.7 Å². The van der Waals surface area contributed by atoms with Gasteiger partial charge in [0.25, 0.3) is 0 Å². The Morgan fingerprint density at radius 1 is 1.14 bits per heavy atom. The fourth-order valence-corrected chi connectivity index (χ4v) is 4.53. The summed E-state index contributed by atoms with van der Waals surface area (Å²) >= 11 is 0. The minimum absolute atomic E-state index is 0.0145. The average Bonchev–Trinajstić information content (AvgIpc) is 2.93. The van der Waals surface area contributed by atoms with Gasteiger partial charge in [-0.2, -0.15) is 0 Å². The molecule has 2 heterocycles. The van der Waals surface area contributed by atoms with E-state index < -0.39 is 28.4 Å². The standard InChI is InChI=1S/C19H26N4O5S/c1-6-23-13(4)17(19(25)28-7-2)18(14(23)5)29(26,27)21-11-16(24)22-15-9-8-12(3)10-20-15/h8-10,21H,6-7,11H2,1-5H3,(H,20,22,24). The molecule has 10 heteroatoms. The number of nitrogens with zero attached hydrogens (tertiary/aromatic N) is 2. The Balaban J connectivity index is 2.27. The van der Waals surface area contributed by atoms with E-state index in [2.05, 4.69) is 15.0 Å². The van der Waals surface area contributed by atoms with Crippen LogP contribution in [0.1, 0.15) is 41.2 Å². The molecule has 0 aliphatic rings. The zero-order chi connectivity index (χ0) is 21.8. The first-order valence-electron chi connectivity index (χ1n) is 9.21. The van der Waals surface area contributed by atoms with Crippen LogP contribution in [-0.2, 0) is 26.1 Å². The van der Waals surface area contributed by atoms with Gasteiger partial charge in [-0.05, 0) is 46.2 Å². The molecule has 0 aromatic carbocycles. The molecule has 1 amide bonds. The maximum Gasteiger partial charge on any atom is 0.341 e. The molecule has 2 rings (SSSR count). The van der Waals surface area contributed by atoms with Crippen molar-refractivity contribution in [2.24, 2.45) is 0 Å². The van der Waals surface area contributed by atoms with Gasteiger partial charge in [0.15, 0.2) is 0 Å². The van der Waals surface area contributed by atoms with Crippen molar-refractivity contribution in [3.8, 4) is 0 Å². The quantitative estimate of drug-likeness (QED) is 0.627. The van der Waals surface area contributed by atoms with E-state index in [1.807, 2.05) is 13.8 Å². The van der Waals surface area contributed by atoms with Gasteiger partial charge in [0.2, 0.25) is 15.9 Å². The summed E-state index contributed by atoms with van der Waals surface area (Å²) in [6.07, 6.45) is 1.59. The first kappa shape index (κ1) is 22.6. The molecule has 2 N–H and O–H groups in total. The molecule has 0 unspecified atom stereocenters. The van der Waals surface area contributed by atoms with Gasteiger partial charge in [-0.3, -0.25) is 4.79 Å². The second kappa shape index (κ2) is 9.19. The zero-order valence-corrected chi connectivity index (χ0v) is 18.0. The van der Waals surface area contributed by atoms with Crippen molar-refractivity contribution in [3.05, 3.63) is 40.8 Å². The highest BCUT2D eigenvalue weighted by atomic mass is 32.2.